The average molecular weight is 274 g/mol. The first-order valence-corrected chi connectivity index (χ1v) is 4.66. The molecule has 0 aromatic carbocycles. The van der Waals surface area contributed by atoms with E-state index in [1.54, 1.807) is 0 Å². The molecule has 102 valence electrons. The van der Waals surface area contributed by atoms with Crippen molar-refractivity contribution in [2.45, 2.75) is 12.5 Å². The van der Waals surface area contributed by atoms with Gasteiger partial charge in [-0.3, -0.25) is 4.79 Å². The molecule has 18 heavy (non-hydrogen) atoms. The predicted molar refractivity (Wildman–Crippen MR) is 56.9 cm³/mol. The van der Waals surface area contributed by atoms with Gasteiger partial charge in [-0.25, -0.2) is 4.79 Å². The van der Waals surface area contributed by atoms with E-state index < -0.39 is 30.4 Å². The van der Waals surface area contributed by atoms with Crippen molar-refractivity contribution in [1.29, 1.82) is 0 Å². The van der Waals surface area contributed by atoms with Crippen LogP contribution in [0, 0.1) is 0 Å². The number of carbonyl (C=O) groups excluding carboxylic acids is 1. The summed E-state index contributed by atoms with van der Waals surface area (Å²) in [4.78, 5) is 29.5. The van der Waals surface area contributed by atoms with Crippen molar-refractivity contribution in [2.75, 3.05) is 27.7 Å². The summed E-state index contributed by atoms with van der Waals surface area (Å²) < 4.78 is 0.481. The van der Waals surface area contributed by atoms with Gasteiger partial charge in [-0.1, -0.05) is 0 Å². The minimum Gasteiger partial charge on any atom is -1.00 e. The van der Waals surface area contributed by atoms with Gasteiger partial charge < -0.3 is 31.8 Å². The molecular formula is C9H19N2NaO6. The molecule has 0 heterocycles. The fraction of sp³-hybridized carbons (Fsp3) is 0.667. The second kappa shape index (κ2) is 10.3. The third-order valence-electron chi connectivity index (χ3n) is 1.31. The Morgan fingerprint density at radius 3 is 1.67 bits per heavy atom. The van der Waals surface area contributed by atoms with Crippen LogP contribution < -0.4 is 40.4 Å². The van der Waals surface area contributed by atoms with E-state index in [4.69, 9.17) is 15.9 Å². The number of carboxylic acid groups (broad SMARTS) is 3. The van der Waals surface area contributed by atoms with E-state index in [0.29, 0.717) is 4.48 Å². The second-order valence-corrected chi connectivity index (χ2v) is 4.37. The summed E-state index contributed by atoms with van der Waals surface area (Å²) in [5.74, 6) is -3.54. The van der Waals surface area contributed by atoms with E-state index in [0.717, 1.165) is 0 Å². The summed E-state index contributed by atoms with van der Waals surface area (Å²) in [5.41, 5.74) is 4.77. The monoisotopic (exact) mass is 274 g/mol. The number of rotatable bonds is 5. The molecule has 0 rings (SSSR count). The molecule has 1 unspecified atom stereocenters. The molecule has 9 heteroatoms. The summed E-state index contributed by atoms with van der Waals surface area (Å²) >= 11 is 0. The van der Waals surface area contributed by atoms with Crippen LogP contribution in [0.3, 0.4) is 0 Å². The molecule has 0 saturated heterocycles. The first kappa shape index (κ1) is 22.5. The van der Waals surface area contributed by atoms with Crippen molar-refractivity contribution in [3.8, 4) is 0 Å². The molecule has 0 amide bonds. The Morgan fingerprint density at radius 2 is 1.61 bits per heavy atom. The van der Waals surface area contributed by atoms with Gasteiger partial charge in [0.15, 0.2) is 6.54 Å². The number of hydrogen-bond acceptors (Lipinski definition) is 5. The number of hydrogen-bond donors (Lipinski definition) is 3. The number of aliphatic carboxylic acids is 3. The number of likely N-dealkylation sites (N-methyl/N-ethyl adjacent to an activating group) is 1. The Bertz CT molecular complexity index is 295. The van der Waals surface area contributed by atoms with Gasteiger partial charge in [-0.2, -0.15) is 0 Å². The second-order valence-electron chi connectivity index (χ2n) is 4.37. The van der Waals surface area contributed by atoms with Gasteiger partial charge in [0.25, 0.3) is 0 Å². The molecule has 4 N–H and O–H groups in total. The normalized spacial score (nSPS) is 11.3. The largest absolute Gasteiger partial charge is 1.00 e. The van der Waals surface area contributed by atoms with E-state index in [1.807, 2.05) is 21.1 Å². The summed E-state index contributed by atoms with van der Waals surface area (Å²) in [6.45, 7) is 0.181. The molecule has 0 aromatic heterocycles. The van der Waals surface area contributed by atoms with Gasteiger partial charge >= 0.3 is 41.5 Å². The van der Waals surface area contributed by atoms with Crippen LogP contribution in [0.25, 0.3) is 0 Å². The molecule has 0 aromatic rings. The first-order chi connectivity index (χ1) is 7.45. The summed E-state index contributed by atoms with van der Waals surface area (Å²) in [7, 11) is 5.52. The van der Waals surface area contributed by atoms with E-state index in [2.05, 4.69) is 0 Å². The maximum absolute atomic E-state index is 10.00. The zero-order valence-electron chi connectivity index (χ0n) is 12.0. The SMILES string of the molecule is C[N+](C)(C)CC(=O)O.NC(CC(=O)O)C(=O)[O-].[H-].[Na+]. The zero-order valence-corrected chi connectivity index (χ0v) is 13.0. The number of nitrogens with zero attached hydrogens (tertiary/aromatic N) is 1. The summed E-state index contributed by atoms with van der Waals surface area (Å²) in [6.07, 6.45) is -0.595. The number of carbonyl (C=O) groups is 3. The molecule has 0 aliphatic heterocycles. The van der Waals surface area contributed by atoms with Gasteiger partial charge in [0.1, 0.15) is 0 Å². The van der Waals surface area contributed by atoms with Gasteiger partial charge in [0, 0.05) is 0 Å². The summed E-state index contributed by atoms with van der Waals surface area (Å²) in [6, 6.07) is -1.40. The Morgan fingerprint density at radius 1 is 1.22 bits per heavy atom. The number of nitrogens with two attached hydrogens (primary N) is 1. The molecule has 0 spiro atoms. The van der Waals surface area contributed by atoms with Crippen LogP contribution >= 0.6 is 0 Å². The fourth-order valence-electron chi connectivity index (χ4n) is 0.677. The predicted octanol–water partition coefficient (Wildman–Crippen LogP) is -5.57. The van der Waals surface area contributed by atoms with Gasteiger partial charge in [0.05, 0.1) is 39.6 Å². The molecule has 0 radical (unpaired) electrons. The molecule has 0 aliphatic rings. The van der Waals surface area contributed by atoms with Crippen molar-refractivity contribution >= 4 is 17.9 Å². The Labute approximate surface area is 129 Å². The van der Waals surface area contributed by atoms with Crippen LogP contribution in [0.15, 0.2) is 0 Å². The van der Waals surface area contributed by atoms with Crippen LogP contribution in [-0.4, -0.2) is 66.3 Å². The quantitative estimate of drug-likeness (QED) is 0.335. The molecule has 0 saturated carbocycles. The molecule has 8 nitrogen and oxygen atoms in total. The maximum atomic E-state index is 10.00. The molecule has 0 bridgehead atoms. The van der Waals surface area contributed by atoms with Crippen molar-refractivity contribution in [3.63, 3.8) is 0 Å². The van der Waals surface area contributed by atoms with Crippen molar-refractivity contribution in [2.24, 2.45) is 5.73 Å². The Hall–Kier alpha value is -0.670. The third kappa shape index (κ3) is 20.7. The van der Waals surface area contributed by atoms with E-state index in [1.165, 1.54) is 0 Å². The minimum atomic E-state index is -1.54. The van der Waals surface area contributed by atoms with E-state index in [-0.39, 0.29) is 37.5 Å². The molecule has 0 fully saturated rings. The van der Waals surface area contributed by atoms with Gasteiger partial charge in [-0.15, -0.1) is 0 Å². The molecule has 0 aliphatic carbocycles. The minimum absolute atomic E-state index is 0. The Kier molecular flexibility index (Phi) is 12.8. The standard InChI is InChI=1S/C5H11NO2.C4H7NO4.Na.H/c1-6(2,3)4-5(7)8;5-2(4(8)9)1-3(6)7;;/h4H2,1-3H3;2H,1,5H2,(H,6,7)(H,8,9);;/q;;+1;-1. The van der Waals surface area contributed by atoms with Crippen LogP contribution in [0.1, 0.15) is 7.85 Å². The van der Waals surface area contributed by atoms with Crippen molar-refractivity contribution in [1.82, 2.24) is 0 Å². The fourth-order valence-corrected chi connectivity index (χ4v) is 0.677. The smallest absolute Gasteiger partial charge is 1.00 e. The summed E-state index contributed by atoms with van der Waals surface area (Å²) in [5, 5.41) is 25.9. The number of quaternary nitrogens is 1. The van der Waals surface area contributed by atoms with Crippen LogP contribution in [0.2, 0.25) is 0 Å². The van der Waals surface area contributed by atoms with Gasteiger partial charge in [-0.05, 0) is 0 Å². The van der Waals surface area contributed by atoms with Crippen molar-refractivity contribution in [3.05, 3.63) is 0 Å². The molecular weight excluding hydrogens is 255 g/mol. The average Bonchev–Trinajstić information content (AvgIpc) is 1.98. The Balaban J connectivity index is -0.000000108. The number of carboxylic acids is 3. The van der Waals surface area contributed by atoms with Gasteiger partial charge in [0.2, 0.25) is 0 Å². The van der Waals surface area contributed by atoms with E-state index >= 15 is 0 Å². The maximum Gasteiger partial charge on any atom is 1.00 e. The zero-order chi connectivity index (χ0) is 14.2. The topological polar surface area (TPSA) is 141 Å². The van der Waals surface area contributed by atoms with Crippen molar-refractivity contribution < 1.29 is 65.2 Å². The third-order valence-corrected chi connectivity index (χ3v) is 1.31. The van der Waals surface area contributed by atoms with Crippen LogP contribution in [-0.2, 0) is 14.4 Å². The van der Waals surface area contributed by atoms with E-state index in [9.17, 15) is 19.5 Å². The first-order valence-electron chi connectivity index (χ1n) is 4.66. The van der Waals surface area contributed by atoms with Crippen LogP contribution in [0.4, 0.5) is 0 Å². The van der Waals surface area contributed by atoms with Crippen LogP contribution in [0.5, 0.6) is 0 Å². The molecule has 1 atom stereocenters.